The van der Waals surface area contributed by atoms with Crippen molar-refractivity contribution in [1.82, 2.24) is 4.90 Å². The fourth-order valence-electron chi connectivity index (χ4n) is 2.11. The van der Waals surface area contributed by atoms with Crippen LogP contribution in [0.15, 0.2) is 0 Å². The number of hydrogen-bond donors (Lipinski definition) is 1. The minimum absolute atomic E-state index is 0.251. The summed E-state index contributed by atoms with van der Waals surface area (Å²) in [6, 6.07) is 0.933. The average molecular weight is 213 g/mol. The number of unbranched alkanes of at least 4 members (excludes halogenated alkanes) is 1. The number of carboxylic acids is 1. The first-order chi connectivity index (χ1) is 7.19. The van der Waals surface area contributed by atoms with Crippen LogP contribution >= 0.6 is 0 Å². The zero-order chi connectivity index (χ0) is 11.3. The van der Waals surface area contributed by atoms with E-state index in [1.165, 1.54) is 25.7 Å². The zero-order valence-electron chi connectivity index (χ0n) is 9.91. The molecule has 15 heavy (non-hydrogen) atoms. The van der Waals surface area contributed by atoms with E-state index in [9.17, 15) is 4.79 Å². The van der Waals surface area contributed by atoms with Crippen molar-refractivity contribution in [2.45, 2.75) is 64.5 Å². The van der Waals surface area contributed by atoms with Crippen LogP contribution in [0.25, 0.3) is 0 Å². The summed E-state index contributed by atoms with van der Waals surface area (Å²) in [7, 11) is 0. The first-order valence-electron chi connectivity index (χ1n) is 6.16. The molecule has 1 fully saturated rings. The zero-order valence-corrected chi connectivity index (χ0v) is 9.91. The molecule has 0 heterocycles. The molecular weight excluding hydrogens is 190 g/mol. The van der Waals surface area contributed by atoms with Crippen molar-refractivity contribution in [3.63, 3.8) is 0 Å². The predicted octanol–water partition coefficient (Wildman–Crippen LogP) is 2.50. The summed E-state index contributed by atoms with van der Waals surface area (Å²) in [5, 5.41) is 8.86. The second-order valence-corrected chi connectivity index (χ2v) is 4.48. The van der Waals surface area contributed by atoms with Crippen LogP contribution in [-0.2, 0) is 4.79 Å². The van der Waals surface area contributed by atoms with Crippen molar-refractivity contribution in [2.75, 3.05) is 6.54 Å². The third kappa shape index (κ3) is 4.20. The minimum Gasteiger partial charge on any atom is -0.481 e. The van der Waals surface area contributed by atoms with Crippen LogP contribution in [0.2, 0.25) is 0 Å². The van der Waals surface area contributed by atoms with E-state index >= 15 is 0 Å². The molecule has 0 saturated heterocycles. The van der Waals surface area contributed by atoms with E-state index in [0.29, 0.717) is 12.5 Å². The molecule has 3 heteroatoms. The molecule has 0 aromatic carbocycles. The molecule has 0 amide bonds. The van der Waals surface area contributed by atoms with E-state index in [0.717, 1.165) is 13.0 Å². The van der Waals surface area contributed by atoms with E-state index in [2.05, 4.69) is 18.7 Å². The third-order valence-electron chi connectivity index (χ3n) is 3.14. The Bertz CT molecular complexity index is 202. The van der Waals surface area contributed by atoms with Gasteiger partial charge < -0.3 is 5.11 Å². The molecule has 0 bridgehead atoms. The van der Waals surface area contributed by atoms with Gasteiger partial charge in [-0.1, -0.05) is 20.3 Å². The Hall–Kier alpha value is -0.570. The van der Waals surface area contributed by atoms with Crippen LogP contribution in [0.1, 0.15) is 52.4 Å². The Kier molecular flexibility index (Phi) is 5.09. The van der Waals surface area contributed by atoms with Crippen molar-refractivity contribution in [3.8, 4) is 0 Å². The van der Waals surface area contributed by atoms with Crippen LogP contribution in [0.4, 0.5) is 0 Å². The van der Waals surface area contributed by atoms with Crippen molar-refractivity contribution in [3.05, 3.63) is 0 Å². The van der Waals surface area contributed by atoms with Crippen LogP contribution < -0.4 is 0 Å². The summed E-state index contributed by atoms with van der Waals surface area (Å²) in [5.74, 6) is -0.663. The van der Waals surface area contributed by atoms with Crippen LogP contribution in [0.5, 0.6) is 0 Å². The van der Waals surface area contributed by atoms with Gasteiger partial charge in [0.05, 0.1) is 6.42 Å². The van der Waals surface area contributed by atoms with Crippen LogP contribution in [-0.4, -0.2) is 34.6 Å². The normalized spacial score (nSPS) is 18.1. The Balaban J connectivity index is 2.46. The molecule has 1 rings (SSSR count). The van der Waals surface area contributed by atoms with Gasteiger partial charge in [0.15, 0.2) is 0 Å². The van der Waals surface area contributed by atoms with Gasteiger partial charge in [-0.2, -0.15) is 0 Å². The van der Waals surface area contributed by atoms with Gasteiger partial charge in [-0.3, -0.25) is 9.69 Å². The summed E-state index contributed by atoms with van der Waals surface area (Å²) < 4.78 is 0. The Morgan fingerprint density at radius 2 is 2.13 bits per heavy atom. The molecule has 1 N–H and O–H groups in total. The molecule has 0 aliphatic heterocycles. The van der Waals surface area contributed by atoms with Crippen molar-refractivity contribution < 1.29 is 9.90 Å². The van der Waals surface area contributed by atoms with Crippen molar-refractivity contribution in [1.29, 1.82) is 0 Å². The lowest BCUT2D eigenvalue weighted by molar-refractivity contribution is -0.138. The molecule has 88 valence electrons. The fraction of sp³-hybridized carbons (Fsp3) is 0.917. The standard InChI is InChI=1S/C12H23NO2/c1-3-5-8-13(11-6-7-11)10(4-2)9-12(14)15/h10-11H,3-9H2,1-2H3,(H,14,15). The number of hydrogen-bond acceptors (Lipinski definition) is 2. The molecule has 1 aliphatic carbocycles. The van der Waals surface area contributed by atoms with E-state index < -0.39 is 5.97 Å². The van der Waals surface area contributed by atoms with Crippen molar-refractivity contribution >= 4 is 5.97 Å². The van der Waals surface area contributed by atoms with Gasteiger partial charge in [-0.25, -0.2) is 0 Å². The van der Waals surface area contributed by atoms with Gasteiger partial charge in [-0.15, -0.1) is 0 Å². The highest BCUT2D eigenvalue weighted by atomic mass is 16.4. The lowest BCUT2D eigenvalue weighted by atomic mass is 10.1. The molecule has 1 unspecified atom stereocenters. The molecule has 1 saturated carbocycles. The monoisotopic (exact) mass is 213 g/mol. The molecule has 0 aromatic heterocycles. The average Bonchev–Trinajstić information content (AvgIpc) is 3.00. The predicted molar refractivity (Wildman–Crippen MR) is 61.0 cm³/mol. The fourth-order valence-corrected chi connectivity index (χ4v) is 2.11. The van der Waals surface area contributed by atoms with E-state index in [1.807, 2.05) is 0 Å². The molecule has 1 atom stereocenters. The number of carbonyl (C=O) groups is 1. The highest BCUT2D eigenvalue weighted by Gasteiger charge is 2.33. The number of carboxylic acid groups (broad SMARTS) is 1. The summed E-state index contributed by atoms with van der Waals surface area (Å²) in [5.41, 5.74) is 0. The highest BCUT2D eigenvalue weighted by Crippen LogP contribution is 2.30. The Morgan fingerprint density at radius 1 is 1.47 bits per heavy atom. The minimum atomic E-state index is -0.663. The quantitative estimate of drug-likeness (QED) is 0.673. The smallest absolute Gasteiger partial charge is 0.304 e. The molecule has 0 spiro atoms. The van der Waals surface area contributed by atoms with Crippen molar-refractivity contribution in [2.24, 2.45) is 0 Å². The van der Waals surface area contributed by atoms with Gasteiger partial charge in [0, 0.05) is 12.1 Å². The molecule has 0 aromatic rings. The summed E-state index contributed by atoms with van der Waals surface area (Å²) in [6.07, 6.45) is 6.16. The number of rotatable bonds is 8. The molecule has 0 radical (unpaired) electrons. The molecule has 3 nitrogen and oxygen atoms in total. The maximum Gasteiger partial charge on any atom is 0.304 e. The van der Waals surface area contributed by atoms with E-state index in [-0.39, 0.29) is 6.04 Å². The Labute approximate surface area is 92.5 Å². The number of nitrogens with zero attached hydrogens (tertiary/aromatic N) is 1. The largest absolute Gasteiger partial charge is 0.481 e. The lowest BCUT2D eigenvalue weighted by Gasteiger charge is -2.30. The summed E-state index contributed by atoms with van der Waals surface area (Å²) in [4.78, 5) is 13.2. The van der Waals surface area contributed by atoms with Gasteiger partial charge >= 0.3 is 5.97 Å². The van der Waals surface area contributed by atoms with Crippen LogP contribution in [0, 0.1) is 0 Å². The van der Waals surface area contributed by atoms with Gasteiger partial charge in [0.1, 0.15) is 0 Å². The van der Waals surface area contributed by atoms with E-state index in [1.54, 1.807) is 0 Å². The Morgan fingerprint density at radius 3 is 2.53 bits per heavy atom. The van der Waals surface area contributed by atoms with Crippen LogP contribution in [0.3, 0.4) is 0 Å². The van der Waals surface area contributed by atoms with E-state index in [4.69, 9.17) is 5.11 Å². The SMILES string of the molecule is CCCCN(C1CC1)C(CC)CC(=O)O. The van der Waals surface area contributed by atoms with Gasteiger partial charge in [-0.05, 0) is 32.2 Å². The summed E-state index contributed by atoms with van der Waals surface area (Å²) in [6.45, 7) is 5.35. The second kappa shape index (κ2) is 6.11. The first-order valence-corrected chi connectivity index (χ1v) is 6.16. The maximum absolute atomic E-state index is 10.8. The lowest BCUT2D eigenvalue weighted by Crippen LogP contribution is -2.39. The van der Waals surface area contributed by atoms with Gasteiger partial charge in [0.2, 0.25) is 0 Å². The highest BCUT2D eigenvalue weighted by molar-refractivity contribution is 5.67. The summed E-state index contributed by atoms with van der Waals surface area (Å²) >= 11 is 0. The third-order valence-corrected chi connectivity index (χ3v) is 3.14. The topological polar surface area (TPSA) is 40.5 Å². The number of aliphatic carboxylic acids is 1. The molecule has 1 aliphatic rings. The van der Waals surface area contributed by atoms with Gasteiger partial charge in [0.25, 0.3) is 0 Å². The second-order valence-electron chi connectivity index (χ2n) is 4.48. The first kappa shape index (κ1) is 12.5. The molecular formula is C12H23NO2. The maximum atomic E-state index is 10.8.